The van der Waals surface area contributed by atoms with E-state index in [0.29, 0.717) is 29.4 Å². The number of aromatic hydroxyl groups is 1. The molecule has 0 aliphatic carbocycles. The van der Waals surface area contributed by atoms with E-state index in [0.717, 1.165) is 30.0 Å². The van der Waals surface area contributed by atoms with Crippen molar-refractivity contribution < 1.29 is 9.84 Å². The molecule has 2 N–H and O–H groups in total. The molecule has 0 aromatic carbocycles. The Kier molecular flexibility index (Phi) is 5.26. The molecule has 0 radical (unpaired) electrons. The normalized spacial score (nSPS) is 19.2. The molecular formula is C21H24N6O2. The van der Waals surface area contributed by atoms with Gasteiger partial charge in [0, 0.05) is 49.2 Å². The van der Waals surface area contributed by atoms with E-state index in [-0.39, 0.29) is 5.75 Å². The fourth-order valence-corrected chi connectivity index (χ4v) is 3.64. The molecule has 0 unspecified atom stereocenters. The molecule has 1 saturated heterocycles. The van der Waals surface area contributed by atoms with Crippen LogP contribution in [0.2, 0.25) is 0 Å². The van der Waals surface area contributed by atoms with Gasteiger partial charge in [0.1, 0.15) is 17.1 Å². The van der Waals surface area contributed by atoms with Gasteiger partial charge in [0.05, 0.1) is 7.11 Å². The summed E-state index contributed by atoms with van der Waals surface area (Å²) in [5, 5.41) is 22.7. The first kappa shape index (κ1) is 19.1. The van der Waals surface area contributed by atoms with E-state index < -0.39 is 0 Å². The fraction of sp³-hybridized carbons (Fsp3) is 0.333. The zero-order valence-corrected chi connectivity index (χ0v) is 16.7. The Hall–Kier alpha value is -3.26. The maximum atomic E-state index is 10.5. The molecule has 8 heteroatoms. The van der Waals surface area contributed by atoms with Gasteiger partial charge in [0.2, 0.25) is 5.88 Å². The molecule has 0 spiro atoms. The second-order valence-corrected chi connectivity index (χ2v) is 7.33. The molecule has 0 amide bonds. The number of piperazine rings is 1. The van der Waals surface area contributed by atoms with Crippen molar-refractivity contribution in [1.82, 2.24) is 25.5 Å². The standard InChI is InChI=1S/C21H24N6O2/c1-13-11-27(12-14(2)24-13)19-5-4-17(25-26-19)21-18(28)8-16(10-23-21)15-6-7-22-20(9-15)29-3/h4-10,13-14,24,28H,11-12H2,1-3H3/t13-,14+. The molecule has 4 rings (SSSR count). The average molecular weight is 392 g/mol. The summed E-state index contributed by atoms with van der Waals surface area (Å²) in [6.07, 6.45) is 3.35. The Balaban J connectivity index is 1.57. The van der Waals surface area contributed by atoms with Crippen molar-refractivity contribution in [2.24, 2.45) is 0 Å². The maximum Gasteiger partial charge on any atom is 0.213 e. The summed E-state index contributed by atoms with van der Waals surface area (Å²) in [5.74, 6) is 1.38. The minimum atomic E-state index is 0.0461. The van der Waals surface area contributed by atoms with E-state index in [1.54, 1.807) is 31.6 Å². The lowest BCUT2D eigenvalue weighted by Crippen LogP contribution is -2.54. The summed E-state index contributed by atoms with van der Waals surface area (Å²) < 4.78 is 5.15. The van der Waals surface area contributed by atoms with Gasteiger partial charge in [-0.3, -0.25) is 0 Å². The number of methoxy groups -OCH3 is 1. The number of nitrogens with zero attached hydrogens (tertiary/aromatic N) is 5. The minimum absolute atomic E-state index is 0.0461. The molecule has 2 atom stereocenters. The van der Waals surface area contributed by atoms with E-state index in [9.17, 15) is 5.11 Å². The number of aromatic nitrogens is 4. The van der Waals surface area contributed by atoms with Gasteiger partial charge in [-0.15, -0.1) is 10.2 Å². The van der Waals surface area contributed by atoms with Gasteiger partial charge in [-0.1, -0.05) is 0 Å². The molecule has 3 aromatic rings. The Labute approximate surface area is 169 Å². The van der Waals surface area contributed by atoms with Crippen LogP contribution in [0.1, 0.15) is 13.8 Å². The predicted molar refractivity (Wildman–Crippen MR) is 111 cm³/mol. The van der Waals surface area contributed by atoms with Gasteiger partial charge < -0.3 is 20.1 Å². The summed E-state index contributed by atoms with van der Waals surface area (Å²) in [5.41, 5.74) is 2.55. The number of pyridine rings is 2. The lowest BCUT2D eigenvalue weighted by molar-refractivity contribution is 0.398. The van der Waals surface area contributed by atoms with Crippen molar-refractivity contribution in [3.8, 4) is 34.1 Å². The number of hydrogen-bond donors (Lipinski definition) is 2. The number of ether oxygens (including phenoxy) is 1. The Morgan fingerprint density at radius 3 is 2.48 bits per heavy atom. The SMILES string of the molecule is COc1cc(-c2cnc(-c3ccc(N4C[C@@H](C)N[C@@H](C)C4)nn3)c(O)c2)ccn1. The van der Waals surface area contributed by atoms with Crippen LogP contribution in [0.4, 0.5) is 5.82 Å². The molecule has 4 heterocycles. The van der Waals surface area contributed by atoms with Crippen molar-refractivity contribution in [1.29, 1.82) is 0 Å². The lowest BCUT2D eigenvalue weighted by atomic mass is 10.1. The van der Waals surface area contributed by atoms with Crippen molar-refractivity contribution in [3.05, 3.63) is 42.7 Å². The van der Waals surface area contributed by atoms with Crippen molar-refractivity contribution in [3.63, 3.8) is 0 Å². The van der Waals surface area contributed by atoms with Gasteiger partial charge in [0.15, 0.2) is 5.82 Å². The molecule has 0 bridgehead atoms. The van der Waals surface area contributed by atoms with Crippen molar-refractivity contribution >= 4 is 5.82 Å². The van der Waals surface area contributed by atoms with Crippen LogP contribution in [0.15, 0.2) is 42.7 Å². The number of hydrogen-bond acceptors (Lipinski definition) is 8. The highest BCUT2D eigenvalue weighted by Gasteiger charge is 2.22. The van der Waals surface area contributed by atoms with Crippen molar-refractivity contribution in [2.45, 2.75) is 25.9 Å². The Bertz CT molecular complexity index is 985. The second kappa shape index (κ2) is 8.00. The van der Waals surface area contributed by atoms with Crippen LogP contribution < -0.4 is 15.0 Å². The Morgan fingerprint density at radius 2 is 1.83 bits per heavy atom. The van der Waals surface area contributed by atoms with Crippen LogP contribution in [0.5, 0.6) is 11.6 Å². The van der Waals surface area contributed by atoms with Gasteiger partial charge >= 0.3 is 0 Å². The number of nitrogens with one attached hydrogen (secondary N) is 1. The zero-order valence-electron chi connectivity index (χ0n) is 16.7. The lowest BCUT2D eigenvalue weighted by Gasteiger charge is -2.36. The Morgan fingerprint density at radius 1 is 1.03 bits per heavy atom. The third kappa shape index (κ3) is 4.12. The summed E-state index contributed by atoms with van der Waals surface area (Å²) in [4.78, 5) is 10.7. The maximum absolute atomic E-state index is 10.5. The van der Waals surface area contributed by atoms with E-state index in [4.69, 9.17) is 4.74 Å². The molecule has 150 valence electrons. The predicted octanol–water partition coefficient (Wildman–Crippen LogP) is 2.50. The highest BCUT2D eigenvalue weighted by Crippen LogP contribution is 2.31. The van der Waals surface area contributed by atoms with Crippen LogP contribution in [0, 0.1) is 0 Å². The summed E-state index contributed by atoms with van der Waals surface area (Å²) in [6, 6.07) is 9.85. The highest BCUT2D eigenvalue weighted by atomic mass is 16.5. The van der Waals surface area contributed by atoms with E-state index in [1.807, 2.05) is 18.2 Å². The number of rotatable bonds is 4. The fourth-order valence-electron chi connectivity index (χ4n) is 3.64. The molecule has 0 saturated carbocycles. The molecule has 8 nitrogen and oxygen atoms in total. The molecule has 1 aliphatic heterocycles. The molecule has 1 aliphatic rings. The summed E-state index contributed by atoms with van der Waals surface area (Å²) >= 11 is 0. The first-order valence-electron chi connectivity index (χ1n) is 9.58. The third-order valence-corrected chi connectivity index (χ3v) is 4.92. The van der Waals surface area contributed by atoms with Gasteiger partial charge in [-0.25, -0.2) is 9.97 Å². The van der Waals surface area contributed by atoms with E-state index in [2.05, 4.69) is 44.2 Å². The minimum Gasteiger partial charge on any atom is -0.506 e. The van der Waals surface area contributed by atoms with E-state index >= 15 is 0 Å². The van der Waals surface area contributed by atoms with E-state index in [1.165, 1.54) is 0 Å². The van der Waals surface area contributed by atoms with Crippen LogP contribution >= 0.6 is 0 Å². The van der Waals surface area contributed by atoms with Gasteiger partial charge in [-0.05, 0) is 43.7 Å². The van der Waals surface area contributed by atoms with Crippen LogP contribution in [-0.4, -0.2) is 57.6 Å². The average Bonchev–Trinajstić information content (AvgIpc) is 2.73. The molecule has 1 fully saturated rings. The second-order valence-electron chi connectivity index (χ2n) is 7.33. The van der Waals surface area contributed by atoms with Crippen molar-refractivity contribution in [2.75, 3.05) is 25.1 Å². The van der Waals surface area contributed by atoms with Crippen LogP contribution in [0.3, 0.4) is 0 Å². The molecule has 29 heavy (non-hydrogen) atoms. The zero-order chi connectivity index (χ0) is 20.4. The summed E-state index contributed by atoms with van der Waals surface area (Å²) in [6.45, 7) is 6.08. The first-order valence-corrected chi connectivity index (χ1v) is 9.58. The monoisotopic (exact) mass is 392 g/mol. The third-order valence-electron chi connectivity index (χ3n) is 4.92. The van der Waals surface area contributed by atoms with Crippen LogP contribution in [-0.2, 0) is 0 Å². The smallest absolute Gasteiger partial charge is 0.213 e. The van der Waals surface area contributed by atoms with Gasteiger partial charge in [0.25, 0.3) is 0 Å². The van der Waals surface area contributed by atoms with Crippen LogP contribution in [0.25, 0.3) is 22.5 Å². The first-order chi connectivity index (χ1) is 14.0. The summed E-state index contributed by atoms with van der Waals surface area (Å²) in [7, 11) is 1.56. The topological polar surface area (TPSA) is 96.3 Å². The van der Waals surface area contributed by atoms with Gasteiger partial charge in [-0.2, -0.15) is 0 Å². The molecule has 3 aromatic heterocycles. The highest BCUT2D eigenvalue weighted by molar-refractivity contribution is 5.71. The quantitative estimate of drug-likeness (QED) is 0.699. The molecular weight excluding hydrogens is 368 g/mol. The largest absolute Gasteiger partial charge is 0.506 e. The number of anilines is 1.